The summed E-state index contributed by atoms with van der Waals surface area (Å²) >= 11 is 0. The van der Waals surface area contributed by atoms with Crippen LogP contribution < -0.4 is 0 Å². The average Bonchev–Trinajstić information content (AvgIpc) is 3.38. The Kier molecular flexibility index (Phi) is 4.00. The van der Waals surface area contributed by atoms with Crippen LogP contribution in [0.4, 0.5) is 0 Å². The van der Waals surface area contributed by atoms with Crippen molar-refractivity contribution in [1.82, 2.24) is 9.97 Å². The van der Waals surface area contributed by atoms with Crippen molar-refractivity contribution in [3.05, 3.63) is 89.9 Å². The number of aryl methyl sites for hydroxylation is 1. The highest BCUT2D eigenvalue weighted by molar-refractivity contribution is 5.96. The number of hydrogen-bond donors (Lipinski definition) is 1. The van der Waals surface area contributed by atoms with Gasteiger partial charge in [0, 0.05) is 11.6 Å². The third-order valence-electron chi connectivity index (χ3n) is 4.98. The maximum absolute atomic E-state index is 9.67. The lowest BCUT2D eigenvalue weighted by molar-refractivity contribution is 0.572. The molecule has 0 saturated heterocycles. The van der Waals surface area contributed by atoms with E-state index >= 15 is 0 Å². The maximum Gasteiger partial charge on any atom is 0.149 e. The Bertz CT molecular complexity index is 1420. The second kappa shape index (κ2) is 6.81. The van der Waals surface area contributed by atoms with Gasteiger partial charge in [-0.15, -0.1) is 0 Å². The van der Waals surface area contributed by atoms with Crippen molar-refractivity contribution in [3.8, 4) is 17.4 Å². The number of imidazole rings is 1. The Morgan fingerprint density at radius 3 is 2.79 bits per heavy atom. The highest BCUT2D eigenvalue weighted by atomic mass is 16.3. The topological polar surface area (TPSA) is 65.6 Å². The number of nitriles is 1. The fraction of sp³-hybridized carbons (Fsp3) is 0.0400. The number of aromatic amines is 1. The first-order chi connectivity index (χ1) is 14.2. The van der Waals surface area contributed by atoms with Crippen molar-refractivity contribution in [2.24, 2.45) is 0 Å². The van der Waals surface area contributed by atoms with Crippen molar-refractivity contribution in [2.45, 2.75) is 6.92 Å². The molecule has 0 saturated carbocycles. The Morgan fingerprint density at radius 1 is 1.03 bits per heavy atom. The molecule has 0 aliphatic heterocycles. The van der Waals surface area contributed by atoms with Crippen LogP contribution in [0.2, 0.25) is 0 Å². The number of nitrogens with zero attached hydrogens (tertiary/aromatic N) is 2. The van der Waals surface area contributed by atoms with Crippen LogP contribution in [0.25, 0.3) is 44.8 Å². The molecule has 0 atom stereocenters. The van der Waals surface area contributed by atoms with E-state index in [-0.39, 0.29) is 0 Å². The van der Waals surface area contributed by atoms with Crippen molar-refractivity contribution in [1.29, 1.82) is 5.26 Å². The Morgan fingerprint density at radius 2 is 1.90 bits per heavy atom. The van der Waals surface area contributed by atoms with Gasteiger partial charge in [0.1, 0.15) is 23.4 Å². The van der Waals surface area contributed by atoms with Gasteiger partial charge in [-0.1, -0.05) is 48.5 Å². The van der Waals surface area contributed by atoms with E-state index in [1.54, 1.807) is 6.08 Å². The zero-order valence-corrected chi connectivity index (χ0v) is 15.8. The van der Waals surface area contributed by atoms with E-state index in [0.29, 0.717) is 17.2 Å². The molecular weight excluding hydrogens is 358 g/mol. The summed E-state index contributed by atoms with van der Waals surface area (Å²) in [5.74, 6) is 1.92. The molecule has 2 heterocycles. The lowest BCUT2D eigenvalue weighted by Crippen LogP contribution is -1.84. The quantitative estimate of drug-likeness (QED) is 0.374. The average molecular weight is 375 g/mol. The van der Waals surface area contributed by atoms with Crippen molar-refractivity contribution in [3.63, 3.8) is 0 Å². The third kappa shape index (κ3) is 3.09. The number of nitrogens with one attached hydrogen (secondary N) is 1. The van der Waals surface area contributed by atoms with Crippen LogP contribution in [0.3, 0.4) is 0 Å². The molecule has 0 aliphatic rings. The summed E-state index contributed by atoms with van der Waals surface area (Å²) in [7, 11) is 0. The molecule has 5 aromatic rings. The number of fused-ring (bicyclic) bond motifs is 2. The molecule has 0 bridgehead atoms. The fourth-order valence-electron chi connectivity index (χ4n) is 3.56. The predicted molar refractivity (Wildman–Crippen MR) is 116 cm³/mol. The van der Waals surface area contributed by atoms with Crippen LogP contribution in [0.1, 0.15) is 17.1 Å². The van der Waals surface area contributed by atoms with Gasteiger partial charge in [0.2, 0.25) is 0 Å². The highest BCUT2D eigenvalue weighted by Crippen LogP contribution is 2.31. The number of furan rings is 1. The number of allylic oxidation sites excluding steroid dienone is 1. The zero-order valence-electron chi connectivity index (χ0n) is 15.8. The normalized spacial score (nSPS) is 11.8. The number of hydrogen-bond acceptors (Lipinski definition) is 3. The number of aromatic nitrogens is 2. The van der Waals surface area contributed by atoms with E-state index in [0.717, 1.165) is 38.7 Å². The molecule has 1 N–H and O–H groups in total. The summed E-state index contributed by atoms with van der Waals surface area (Å²) in [6, 6.07) is 26.4. The largest absolute Gasteiger partial charge is 0.457 e. The lowest BCUT2D eigenvalue weighted by atomic mass is 10.0. The molecule has 0 spiro atoms. The van der Waals surface area contributed by atoms with Crippen LogP contribution in [-0.2, 0) is 0 Å². The van der Waals surface area contributed by atoms with E-state index in [2.05, 4.69) is 34.2 Å². The minimum atomic E-state index is 0.428. The molecule has 138 valence electrons. The number of rotatable bonds is 3. The first kappa shape index (κ1) is 17.0. The van der Waals surface area contributed by atoms with Crippen molar-refractivity contribution in [2.75, 3.05) is 0 Å². The van der Waals surface area contributed by atoms with Gasteiger partial charge in [0.05, 0.1) is 16.6 Å². The van der Waals surface area contributed by atoms with E-state index < -0.39 is 0 Å². The zero-order chi connectivity index (χ0) is 19.8. The first-order valence-corrected chi connectivity index (χ1v) is 9.38. The van der Waals surface area contributed by atoms with Crippen LogP contribution in [0.15, 0.2) is 77.2 Å². The Hall–Kier alpha value is -4.10. The number of H-pyrrole nitrogens is 1. The second-order valence-electron chi connectivity index (χ2n) is 7.00. The maximum atomic E-state index is 9.67. The summed E-state index contributed by atoms with van der Waals surface area (Å²) in [6.45, 7) is 2.03. The van der Waals surface area contributed by atoms with Gasteiger partial charge in [0.25, 0.3) is 0 Å². The molecule has 0 aliphatic carbocycles. The van der Waals surface area contributed by atoms with E-state index in [9.17, 15) is 5.26 Å². The monoisotopic (exact) mass is 375 g/mol. The van der Waals surface area contributed by atoms with Gasteiger partial charge in [0.15, 0.2) is 0 Å². The number of benzene rings is 3. The molecule has 4 heteroatoms. The molecule has 3 aromatic carbocycles. The molecule has 5 rings (SSSR count). The van der Waals surface area contributed by atoms with E-state index in [1.807, 2.05) is 61.5 Å². The van der Waals surface area contributed by atoms with Gasteiger partial charge in [-0.2, -0.15) is 5.26 Å². The minimum absolute atomic E-state index is 0.428. The van der Waals surface area contributed by atoms with Crippen LogP contribution in [-0.4, -0.2) is 9.97 Å². The standard InChI is InChI=1S/C25H17N3O/c1-16-9-11-22-23(13-16)28-25(27-22)18(15-26)14-19-10-12-24(29-19)21-8-4-6-17-5-2-3-7-20(17)21/h2-14H,1H3,(H,27,28)/b18-14-. The summed E-state index contributed by atoms with van der Waals surface area (Å²) in [5, 5.41) is 12.0. The summed E-state index contributed by atoms with van der Waals surface area (Å²) in [6.07, 6.45) is 1.72. The molecular formula is C25H17N3O. The molecule has 0 radical (unpaired) electrons. The lowest BCUT2D eigenvalue weighted by Gasteiger charge is -2.03. The highest BCUT2D eigenvalue weighted by Gasteiger charge is 2.11. The Labute approximate surface area is 167 Å². The van der Waals surface area contributed by atoms with Gasteiger partial charge >= 0.3 is 0 Å². The fourth-order valence-corrected chi connectivity index (χ4v) is 3.56. The minimum Gasteiger partial charge on any atom is -0.457 e. The molecule has 2 aromatic heterocycles. The van der Waals surface area contributed by atoms with Crippen LogP contribution in [0, 0.1) is 18.3 Å². The van der Waals surface area contributed by atoms with E-state index in [1.165, 1.54) is 0 Å². The predicted octanol–water partition coefficient (Wildman–Crippen LogP) is 6.35. The molecule has 0 amide bonds. The van der Waals surface area contributed by atoms with Crippen LogP contribution in [0.5, 0.6) is 0 Å². The van der Waals surface area contributed by atoms with Gasteiger partial charge < -0.3 is 9.40 Å². The van der Waals surface area contributed by atoms with Gasteiger partial charge in [-0.25, -0.2) is 4.98 Å². The first-order valence-electron chi connectivity index (χ1n) is 9.38. The molecule has 0 unspecified atom stereocenters. The van der Waals surface area contributed by atoms with Crippen molar-refractivity contribution < 1.29 is 4.42 Å². The van der Waals surface area contributed by atoms with E-state index in [4.69, 9.17) is 4.42 Å². The summed E-state index contributed by atoms with van der Waals surface area (Å²) in [5.41, 5.74) is 4.35. The third-order valence-corrected chi connectivity index (χ3v) is 4.98. The SMILES string of the molecule is Cc1ccc2nc(/C(C#N)=C\c3ccc(-c4cccc5ccccc45)o3)[nH]c2c1. The smallest absolute Gasteiger partial charge is 0.149 e. The van der Waals surface area contributed by atoms with Crippen LogP contribution >= 0.6 is 0 Å². The second-order valence-corrected chi connectivity index (χ2v) is 7.00. The molecule has 29 heavy (non-hydrogen) atoms. The molecule has 0 fully saturated rings. The van der Waals surface area contributed by atoms with Gasteiger partial charge in [-0.3, -0.25) is 0 Å². The van der Waals surface area contributed by atoms with Crippen molar-refractivity contribution >= 4 is 33.5 Å². The summed E-state index contributed by atoms with van der Waals surface area (Å²) in [4.78, 5) is 7.77. The Balaban J connectivity index is 1.55. The summed E-state index contributed by atoms with van der Waals surface area (Å²) < 4.78 is 6.06. The molecule has 4 nitrogen and oxygen atoms in total. The van der Waals surface area contributed by atoms with Gasteiger partial charge in [-0.05, 0) is 47.5 Å².